The molecule has 1 aliphatic carbocycles. The number of nitrogens with one attached hydrogen (secondary N) is 2. The first-order valence-electron chi connectivity index (χ1n) is 10.1. The van der Waals surface area contributed by atoms with Crippen LogP contribution in [0.15, 0.2) is 59.8 Å². The Labute approximate surface area is 176 Å². The molecule has 0 spiro atoms. The number of anilines is 2. The number of rotatable bonds is 2. The first kappa shape index (κ1) is 20.0. The van der Waals surface area contributed by atoms with E-state index in [2.05, 4.69) is 24.5 Å². The van der Waals surface area contributed by atoms with E-state index in [4.69, 9.17) is 4.74 Å². The van der Waals surface area contributed by atoms with Crippen molar-refractivity contribution in [1.29, 1.82) is 0 Å². The average molecular weight is 405 g/mol. The predicted molar refractivity (Wildman–Crippen MR) is 118 cm³/mol. The lowest BCUT2D eigenvalue weighted by Crippen LogP contribution is -2.43. The van der Waals surface area contributed by atoms with Gasteiger partial charge in [-0.15, -0.1) is 0 Å². The molecule has 2 N–H and O–H groups in total. The van der Waals surface area contributed by atoms with Crippen molar-refractivity contribution in [3.63, 3.8) is 0 Å². The maximum atomic E-state index is 13.4. The van der Waals surface area contributed by atoms with Gasteiger partial charge in [-0.05, 0) is 41.7 Å². The highest BCUT2D eigenvalue weighted by Gasteiger charge is 2.43. The SMILES string of the molecule is CNC(=O)N1c2ccccc2NC2=C(C(=O)CC(C)(C)C2)[C@H]1c1ccc(OC)cc1. The average Bonchev–Trinajstić information content (AvgIpc) is 2.86. The minimum atomic E-state index is -0.536. The normalized spacial score (nSPS) is 19.9. The number of methoxy groups -OCH3 is 1. The summed E-state index contributed by atoms with van der Waals surface area (Å²) < 4.78 is 5.30. The van der Waals surface area contributed by atoms with Gasteiger partial charge in [-0.2, -0.15) is 0 Å². The lowest BCUT2D eigenvalue weighted by molar-refractivity contribution is -0.118. The number of ketones is 1. The van der Waals surface area contributed by atoms with Crippen LogP contribution in [-0.4, -0.2) is 26.0 Å². The van der Waals surface area contributed by atoms with Crippen molar-refractivity contribution in [3.8, 4) is 5.75 Å². The molecule has 30 heavy (non-hydrogen) atoms. The molecular formula is C24H27N3O3. The van der Waals surface area contributed by atoms with Gasteiger partial charge in [-0.1, -0.05) is 38.1 Å². The van der Waals surface area contributed by atoms with Crippen LogP contribution in [-0.2, 0) is 4.79 Å². The highest BCUT2D eigenvalue weighted by molar-refractivity contribution is 6.05. The minimum absolute atomic E-state index is 0.0660. The van der Waals surface area contributed by atoms with Crippen LogP contribution in [0.3, 0.4) is 0 Å². The van der Waals surface area contributed by atoms with Crippen LogP contribution in [0.25, 0.3) is 0 Å². The highest BCUT2D eigenvalue weighted by Crippen LogP contribution is 2.48. The number of Topliss-reactive ketones (excluding diaryl/α,β-unsaturated/α-hetero) is 1. The molecule has 1 atom stereocenters. The van der Waals surface area contributed by atoms with Crippen LogP contribution >= 0.6 is 0 Å². The van der Waals surface area contributed by atoms with E-state index < -0.39 is 6.04 Å². The number of allylic oxidation sites excluding steroid dienone is 1. The largest absolute Gasteiger partial charge is 0.497 e. The van der Waals surface area contributed by atoms with Gasteiger partial charge in [-0.25, -0.2) is 4.79 Å². The van der Waals surface area contributed by atoms with Crippen molar-refractivity contribution >= 4 is 23.2 Å². The van der Waals surface area contributed by atoms with Crippen molar-refractivity contribution in [2.75, 3.05) is 24.4 Å². The molecule has 0 unspecified atom stereocenters. The second-order valence-electron chi connectivity index (χ2n) is 8.58. The molecule has 4 rings (SSSR count). The number of fused-ring (bicyclic) bond motifs is 1. The van der Waals surface area contributed by atoms with Crippen molar-refractivity contribution < 1.29 is 14.3 Å². The lowest BCUT2D eigenvalue weighted by atomic mass is 9.73. The third-order valence-electron chi connectivity index (χ3n) is 5.76. The monoisotopic (exact) mass is 405 g/mol. The number of urea groups is 1. The topological polar surface area (TPSA) is 70.7 Å². The summed E-state index contributed by atoms with van der Waals surface area (Å²) in [7, 11) is 3.22. The Morgan fingerprint density at radius 3 is 2.50 bits per heavy atom. The Kier molecular flexibility index (Phi) is 5.02. The Morgan fingerprint density at radius 2 is 1.83 bits per heavy atom. The van der Waals surface area contributed by atoms with Gasteiger partial charge in [0, 0.05) is 24.7 Å². The van der Waals surface area contributed by atoms with Crippen LogP contribution in [0, 0.1) is 5.41 Å². The number of hydrogen-bond donors (Lipinski definition) is 2. The lowest BCUT2D eigenvalue weighted by Gasteiger charge is -2.37. The molecule has 6 nitrogen and oxygen atoms in total. The number of amides is 2. The van der Waals surface area contributed by atoms with Gasteiger partial charge < -0.3 is 15.4 Å². The van der Waals surface area contributed by atoms with Crippen LogP contribution in [0.5, 0.6) is 5.75 Å². The van der Waals surface area contributed by atoms with E-state index in [9.17, 15) is 9.59 Å². The summed E-state index contributed by atoms with van der Waals surface area (Å²) in [6, 6.07) is 14.4. The first-order chi connectivity index (χ1) is 14.3. The summed E-state index contributed by atoms with van der Waals surface area (Å²) in [5.74, 6) is 0.791. The van der Waals surface area contributed by atoms with Gasteiger partial charge in [0.1, 0.15) is 5.75 Å². The Hall–Kier alpha value is -3.28. The number of para-hydroxylation sites is 2. The third kappa shape index (κ3) is 3.43. The fourth-order valence-electron chi connectivity index (χ4n) is 4.43. The number of carbonyl (C=O) groups is 2. The van der Waals surface area contributed by atoms with E-state index in [1.165, 1.54) is 0 Å². The van der Waals surface area contributed by atoms with Crippen molar-refractivity contribution in [2.24, 2.45) is 5.41 Å². The van der Waals surface area contributed by atoms with Crippen LogP contribution in [0.1, 0.15) is 38.3 Å². The molecular weight excluding hydrogens is 378 g/mol. The van der Waals surface area contributed by atoms with E-state index in [1.54, 1.807) is 19.1 Å². The molecule has 0 radical (unpaired) electrons. The number of nitrogens with zero attached hydrogens (tertiary/aromatic N) is 1. The summed E-state index contributed by atoms with van der Waals surface area (Å²) >= 11 is 0. The highest BCUT2D eigenvalue weighted by atomic mass is 16.5. The molecule has 1 aliphatic heterocycles. The van der Waals surface area contributed by atoms with Gasteiger partial charge in [0.2, 0.25) is 0 Å². The van der Waals surface area contributed by atoms with Crippen molar-refractivity contribution in [2.45, 2.75) is 32.7 Å². The minimum Gasteiger partial charge on any atom is -0.497 e. The summed E-state index contributed by atoms with van der Waals surface area (Å²) in [5, 5.41) is 6.24. The molecule has 2 aliphatic rings. The Balaban J connectivity index is 1.98. The molecule has 2 amide bonds. The molecule has 6 heteroatoms. The van der Waals surface area contributed by atoms with Crippen LogP contribution in [0.4, 0.5) is 16.2 Å². The molecule has 1 heterocycles. The molecule has 156 valence electrons. The van der Waals surface area contributed by atoms with E-state index in [0.29, 0.717) is 12.0 Å². The summed E-state index contributed by atoms with van der Waals surface area (Å²) in [4.78, 5) is 28.2. The fourth-order valence-corrected chi connectivity index (χ4v) is 4.43. The van der Waals surface area contributed by atoms with Gasteiger partial charge in [-0.3, -0.25) is 9.69 Å². The molecule has 2 aromatic carbocycles. The third-order valence-corrected chi connectivity index (χ3v) is 5.76. The maximum absolute atomic E-state index is 13.4. The summed E-state index contributed by atoms with van der Waals surface area (Å²) in [5.41, 5.74) is 3.80. The summed E-state index contributed by atoms with van der Waals surface area (Å²) in [6.45, 7) is 4.21. The van der Waals surface area contributed by atoms with Gasteiger partial charge in [0.15, 0.2) is 5.78 Å². The zero-order chi connectivity index (χ0) is 21.5. The predicted octanol–water partition coefficient (Wildman–Crippen LogP) is 4.65. The second-order valence-corrected chi connectivity index (χ2v) is 8.58. The van der Waals surface area contributed by atoms with Crippen molar-refractivity contribution in [1.82, 2.24) is 5.32 Å². The number of hydrogen-bond acceptors (Lipinski definition) is 4. The molecule has 0 fully saturated rings. The Morgan fingerprint density at radius 1 is 1.13 bits per heavy atom. The summed E-state index contributed by atoms with van der Waals surface area (Å²) in [6.07, 6.45) is 1.18. The van der Waals surface area contributed by atoms with Crippen molar-refractivity contribution in [3.05, 3.63) is 65.4 Å². The zero-order valence-electron chi connectivity index (χ0n) is 17.8. The smallest absolute Gasteiger partial charge is 0.322 e. The zero-order valence-corrected chi connectivity index (χ0v) is 17.8. The van der Waals surface area contributed by atoms with Gasteiger partial charge in [0.25, 0.3) is 0 Å². The molecule has 0 bridgehead atoms. The molecule has 0 saturated heterocycles. The van der Waals surface area contributed by atoms with E-state index in [-0.39, 0.29) is 17.2 Å². The van der Waals surface area contributed by atoms with Gasteiger partial charge >= 0.3 is 6.03 Å². The quantitative estimate of drug-likeness (QED) is 0.763. The Bertz CT molecular complexity index is 1020. The van der Waals surface area contributed by atoms with Gasteiger partial charge in [0.05, 0.1) is 24.5 Å². The fraction of sp³-hybridized carbons (Fsp3) is 0.333. The molecule has 2 aromatic rings. The second kappa shape index (κ2) is 7.52. The molecule has 0 aromatic heterocycles. The van der Waals surface area contributed by atoms with E-state index >= 15 is 0 Å². The maximum Gasteiger partial charge on any atom is 0.322 e. The number of ether oxygens (including phenoxy) is 1. The van der Waals surface area contributed by atoms with Crippen LogP contribution < -0.4 is 20.3 Å². The number of benzene rings is 2. The van der Waals surface area contributed by atoms with E-state index in [0.717, 1.165) is 34.8 Å². The first-order valence-corrected chi connectivity index (χ1v) is 10.1. The van der Waals surface area contributed by atoms with Crippen LogP contribution in [0.2, 0.25) is 0 Å². The van der Waals surface area contributed by atoms with E-state index in [1.807, 2.05) is 48.5 Å². The number of carbonyl (C=O) groups excluding carboxylic acids is 2. The standard InChI is InChI=1S/C24H27N3O3/c1-24(2)13-18-21(20(28)14-24)22(15-9-11-16(30-4)12-10-15)27(23(29)25-3)19-8-6-5-7-17(19)26-18/h5-12,22,26H,13-14H2,1-4H3,(H,25,29)/t22-/m1/s1. The molecule has 0 saturated carbocycles.